The zero-order valence-electron chi connectivity index (χ0n) is 8.77. The van der Waals surface area contributed by atoms with Gasteiger partial charge in [-0.25, -0.2) is 0 Å². The highest BCUT2D eigenvalue weighted by Gasteiger charge is 2.86. The van der Waals surface area contributed by atoms with E-state index < -0.39 is 35.6 Å². The second-order valence-corrected chi connectivity index (χ2v) is 4.22. The molecule has 0 saturated heterocycles. The van der Waals surface area contributed by atoms with Gasteiger partial charge < -0.3 is 0 Å². The molecule has 19 heavy (non-hydrogen) atoms. The predicted octanol–water partition coefficient (Wildman–Crippen LogP) is 4.45. The van der Waals surface area contributed by atoms with Crippen molar-refractivity contribution in [3.8, 4) is 0 Å². The molecule has 0 bridgehead atoms. The second kappa shape index (κ2) is 4.85. The molecule has 0 fully saturated rings. The zero-order chi connectivity index (χ0) is 15.9. The maximum Gasteiger partial charge on any atom is 0.460 e. The van der Waals surface area contributed by atoms with Gasteiger partial charge in [0.1, 0.15) is 0 Å². The van der Waals surface area contributed by atoms with Gasteiger partial charge in [0.2, 0.25) is 0 Å². The van der Waals surface area contributed by atoms with E-state index in [2.05, 4.69) is 0 Å². The number of hydrogen-bond donors (Lipinski definition) is 0. The molecular formula is C7H5F11S. The lowest BCUT2D eigenvalue weighted by Gasteiger charge is -2.37. The fraction of sp³-hybridized carbons (Fsp3) is 1.00. The summed E-state index contributed by atoms with van der Waals surface area (Å²) in [5.41, 5.74) is 0. The summed E-state index contributed by atoms with van der Waals surface area (Å²) < 4.78 is 135. The number of hydrogen-bond acceptors (Lipinski definition) is 1. The van der Waals surface area contributed by atoms with Crippen LogP contribution in [0.5, 0.6) is 0 Å². The quantitative estimate of drug-likeness (QED) is 0.671. The molecular weight excluding hydrogens is 325 g/mol. The zero-order valence-corrected chi connectivity index (χ0v) is 9.59. The van der Waals surface area contributed by atoms with Crippen LogP contribution in [-0.4, -0.2) is 41.9 Å². The molecule has 0 spiro atoms. The van der Waals surface area contributed by atoms with Crippen molar-refractivity contribution in [1.29, 1.82) is 0 Å². The van der Waals surface area contributed by atoms with Gasteiger partial charge in [0.05, 0.1) is 5.75 Å². The van der Waals surface area contributed by atoms with Gasteiger partial charge in [-0.1, -0.05) is 0 Å². The Labute approximate surface area is 103 Å². The molecule has 0 amide bonds. The van der Waals surface area contributed by atoms with Crippen LogP contribution < -0.4 is 0 Å². The SMILES string of the molecule is CSCC(F)(F)C(F)(F)C(F)(F)C(F)(F)C(F)(F)F. The second-order valence-electron chi connectivity index (χ2n) is 3.36. The van der Waals surface area contributed by atoms with Crippen LogP contribution in [0.2, 0.25) is 0 Å². The van der Waals surface area contributed by atoms with E-state index in [1.54, 1.807) is 0 Å². The molecule has 0 aromatic heterocycles. The van der Waals surface area contributed by atoms with E-state index in [9.17, 15) is 48.3 Å². The van der Waals surface area contributed by atoms with Gasteiger partial charge in [-0.2, -0.15) is 60.1 Å². The standard InChI is InChI=1S/C7H5F11S/c1-19-2-3(8,9)4(10,11)5(12,13)6(14,15)7(16,17)18/h2H2,1H3. The first-order valence-electron chi connectivity index (χ1n) is 4.13. The molecule has 0 radical (unpaired) electrons. The molecule has 0 aliphatic carbocycles. The normalized spacial score (nSPS) is 15.8. The Morgan fingerprint density at radius 2 is 1.00 bits per heavy atom. The lowest BCUT2D eigenvalue weighted by Crippen LogP contribution is -2.66. The lowest BCUT2D eigenvalue weighted by molar-refractivity contribution is -0.419. The Bertz CT molecular complexity index is 317. The molecule has 0 saturated carbocycles. The van der Waals surface area contributed by atoms with E-state index >= 15 is 0 Å². The van der Waals surface area contributed by atoms with Crippen molar-refractivity contribution in [2.75, 3.05) is 12.0 Å². The average Bonchev–Trinajstić information content (AvgIpc) is 2.14. The summed E-state index contributed by atoms with van der Waals surface area (Å²) in [6.45, 7) is 0. The first kappa shape index (κ1) is 18.6. The summed E-state index contributed by atoms with van der Waals surface area (Å²) in [4.78, 5) is 0. The molecule has 0 unspecified atom stereocenters. The van der Waals surface area contributed by atoms with Crippen LogP contribution in [0.4, 0.5) is 48.3 Å². The molecule has 0 heterocycles. The first-order valence-corrected chi connectivity index (χ1v) is 5.52. The monoisotopic (exact) mass is 330 g/mol. The van der Waals surface area contributed by atoms with E-state index in [4.69, 9.17) is 0 Å². The van der Waals surface area contributed by atoms with Gasteiger partial charge in [0.15, 0.2) is 0 Å². The van der Waals surface area contributed by atoms with Crippen LogP contribution in [0.3, 0.4) is 0 Å². The number of thioether (sulfide) groups is 1. The van der Waals surface area contributed by atoms with E-state index in [1.165, 1.54) is 0 Å². The summed E-state index contributed by atoms with van der Waals surface area (Å²) in [5.74, 6) is -29.3. The van der Waals surface area contributed by atoms with Crippen molar-refractivity contribution in [3.63, 3.8) is 0 Å². The first-order chi connectivity index (χ1) is 8.06. The lowest BCUT2D eigenvalue weighted by atomic mass is 9.99. The molecule has 0 aliphatic rings. The maximum atomic E-state index is 12.7. The van der Waals surface area contributed by atoms with Crippen LogP contribution in [0.1, 0.15) is 0 Å². The Morgan fingerprint density at radius 1 is 0.632 bits per heavy atom. The van der Waals surface area contributed by atoms with Crippen LogP contribution in [0.15, 0.2) is 0 Å². The average molecular weight is 330 g/mol. The summed E-state index contributed by atoms with van der Waals surface area (Å²) in [7, 11) is 0. The molecule has 116 valence electrons. The largest absolute Gasteiger partial charge is 0.460 e. The van der Waals surface area contributed by atoms with E-state index in [0.717, 1.165) is 6.26 Å². The third kappa shape index (κ3) is 2.72. The molecule has 0 aromatic rings. The Morgan fingerprint density at radius 3 is 1.26 bits per heavy atom. The van der Waals surface area contributed by atoms with E-state index in [1.807, 2.05) is 0 Å². The van der Waals surface area contributed by atoms with Gasteiger partial charge in [-0.3, -0.25) is 0 Å². The Kier molecular flexibility index (Phi) is 4.74. The van der Waals surface area contributed by atoms with Crippen molar-refractivity contribution in [3.05, 3.63) is 0 Å². The summed E-state index contributed by atoms with van der Waals surface area (Å²) in [6.07, 6.45) is -6.35. The molecule has 0 aliphatic heterocycles. The highest BCUT2D eigenvalue weighted by molar-refractivity contribution is 7.98. The molecule has 0 nitrogen and oxygen atoms in total. The summed E-state index contributed by atoms with van der Waals surface area (Å²) in [6, 6.07) is 0. The molecule has 0 N–H and O–H groups in total. The smallest absolute Gasteiger partial charge is 0.199 e. The fourth-order valence-corrected chi connectivity index (χ4v) is 1.42. The predicted molar refractivity (Wildman–Crippen MR) is 44.2 cm³/mol. The third-order valence-electron chi connectivity index (χ3n) is 1.93. The van der Waals surface area contributed by atoms with E-state index in [-0.39, 0.29) is 11.8 Å². The van der Waals surface area contributed by atoms with Crippen LogP contribution >= 0.6 is 11.8 Å². The van der Waals surface area contributed by atoms with Crippen molar-refractivity contribution < 1.29 is 48.3 Å². The number of alkyl halides is 11. The summed E-state index contributed by atoms with van der Waals surface area (Å²) in [5, 5.41) is 0. The van der Waals surface area contributed by atoms with Gasteiger partial charge in [0, 0.05) is 0 Å². The molecule has 0 rings (SSSR count). The highest BCUT2D eigenvalue weighted by Crippen LogP contribution is 2.57. The Balaban J connectivity index is 5.77. The van der Waals surface area contributed by atoms with Crippen molar-refractivity contribution >= 4 is 11.8 Å². The van der Waals surface area contributed by atoms with E-state index in [0.29, 0.717) is 0 Å². The maximum absolute atomic E-state index is 12.7. The van der Waals surface area contributed by atoms with Crippen molar-refractivity contribution in [2.45, 2.75) is 29.9 Å². The van der Waals surface area contributed by atoms with Crippen LogP contribution in [0, 0.1) is 0 Å². The highest BCUT2D eigenvalue weighted by atomic mass is 32.2. The van der Waals surface area contributed by atoms with Crippen molar-refractivity contribution in [1.82, 2.24) is 0 Å². The third-order valence-corrected chi connectivity index (χ3v) is 2.58. The minimum absolute atomic E-state index is 0.120. The van der Waals surface area contributed by atoms with Gasteiger partial charge in [-0.15, -0.1) is 0 Å². The minimum Gasteiger partial charge on any atom is -0.199 e. The van der Waals surface area contributed by atoms with Crippen LogP contribution in [0.25, 0.3) is 0 Å². The van der Waals surface area contributed by atoms with Gasteiger partial charge in [-0.05, 0) is 6.26 Å². The van der Waals surface area contributed by atoms with Crippen molar-refractivity contribution in [2.24, 2.45) is 0 Å². The summed E-state index contributed by atoms with van der Waals surface area (Å²) >= 11 is -0.120. The fourth-order valence-electron chi connectivity index (χ4n) is 0.877. The number of rotatable bonds is 5. The van der Waals surface area contributed by atoms with Crippen LogP contribution in [-0.2, 0) is 0 Å². The topological polar surface area (TPSA) is 0 Å². The molecule has 0 atom stereocenters. The number of halogens is 11. The van der Waals surface area contributed by atoms with Gasteiger partial charge in [0.25, 0.3) is 0 Å². The minimum atomic E-state index is -7.30. The van der Waals surface area contributed by atoms with Gasteiger partial charge >= 0.3 is 29.9 Å². The molecule has 0 aromatic carbocycles. The Hall–Kier alpha value is -0.420. The molecule has 12 heteroatoms.